The van der Waals surface area contributed by atoms with Gasteiger partial charge in [0.2, 0.25) is 0 Å². The summed E-state index contributed by atoms with van der Waals surface area (Å²) in [4.78, 5) is 25.8. The maximum atomic E-state index is 11.7. The Morgan fingerprint density at radius 2 is 2.19 bits per heavy atom. The fourth-order valence-corrected chi connectivity index (χ4v) is 1.97. The third-order valence-corrected chi connectivity index (χ3v) is 2.60. The SMILES string of the molecule is CN(C)CC1CCCN1C(=O)NCC(=O)O. The largest absolute Gasteiger partial charge is 0.480 e. The molecule has 1 saturated heterocycles. The highest BCUT2D eigenvalue weighted by molar-refractivity contribution is 5.80. The Labute approximate surface area is 95.2 Å². The summed E-state index contributed by atoms with van der Waals surface area (Å²) in [5.41, 5.74) is 0. The quantitative estimate of drug-likeness (QED) is 0.700. The Morgan fingerprint density at radius 1 is 1.50 bits per heavy atom. The number of carbonyl (C=O) groups excluding carboxylic acids is 1. The number of carboxylic acids is 1. The third kappa shape index (κ3) is 3.69. The molecular formula is C10H19N3O3. The van der Waals surface area contributed by atoms with Gasteiger partial charge in [-0.3, -0.25) is 4.79 Å². The molecule has 0 saturated carbocycles. The van der Waals surface area contributed by atoms with Crippen molar-refractivity contribution in [3.05, 3.63) is 0 Å². The molecule has 0 bridgehead atoms. The number of hydrogen-bond donors (Lipinski definition) is 2. The van der Waals surface area contributed by atoms with Crippen LogP contribution in [-0.2, 0) is 4.79 Å². The lowest BCUT2D eigenvalue weighted by molar-refractivity contribution is -0.135. The van der Waals surface area contributed by atoms with E-state index in [1.807, 2.05) is 19.0 Å². The van der Waals surface area contributed by atoms with Crippen LogP contribution in [0.1, 0.15) is 12.8 Å². The van der Waals surface area contributed by atoms with Crippen LogP contribution in [0.5, 0.6) is 0 Å². The van der Waals surface area contributed by atoms with Crippen molar-refractivity contribution in [3.8, 4) is 0 Å². The van der Waals surface area contributed by atoms with Gasteiger partial charge in [0.05, 0.1) is 0 Å². The van der Waals surface area contributed by atoms with Gasteiger partial charge < -0.3 is 20.2 Å². The highest BCUT2D eigenvalue weighted by atomic mass is 16.4. The molecule has 0 aromatic rings. The van der Waals surface area contributed by atoms with Gasteiger partial charge in [-0.2, -0.15) is 0 Å². The van der Waals surface area contributed by atoms with Gasteiger partial charge in [-0.25, -0.2) is 4.79 Å². The molecule has 1 fully saturated rings. The Hall–Kier alpha value is -1.30. The van der Waals surface area contributed by atoms with Crippen LogP contribution in [0.15, 0.2) is 0 Å². The molecule has 0 aromatic carbocycles. The number of aliphatic carboxylic acids is 1. The van der Waals surface area contributed by atoms with Crippen molar-refractivity contribution in [2.45, 2.75) is 18.9 Å². The molecule has 1 unspecified atom stereocenters. The Balaban J connectivity index is 2.44. The van der Waals surface area contributed by atoms with E-state index in [0.717, 1.165) is 19.4 Å². The predicted octanol–water partition coefficient (Wildman–Crippen LogP) is -0.193. The Bertz CT molecular complexity index is 268. The molecule has 1 aliphatic heterocycles. The van der Waals surface area contributed by atoms with Gasteiger partial charge in [0.25, 0.3) is 0 Å². The van der Waals surface area contributed by atoms with Gasteiger partial charge in [0, 0.05) is 19.1 Å². The summed E-state index contributed by atoms with van der Waals surface area (Å²) in [5, 5.41) is 10.9. The highest BCUT2D eigenvalue weighted by Crippen LogP contribution is 2.17. The van der Waals surface area contributed by atoms with Crippen molar-refractivity contribution in [2.75, 3.05) is 33.7 Å². The molecule has 16 heavy (non-hydrogen) atoms. The van der Waals surface area contributed by atoms with Crippen molar-refractivity contribution >= 4 is 12.0 Å². The maximum absolute atomic E-state index is 11.7. The summed E-state index contributed by atoms with van der Waals surface area (Å²) in [6.45, 7) is 1.22. The van der Waals surface area contributed by atoms with Gasteiger partial charge in [0.1, 0.15) is 6.54 Å². The first-order valence-corrected chi connectivity index (χ1v) is 5.41. The zero-order chi connectivity index (χ0) is 12.1. The van der Waals surface area contributed by atoms with E-state index in [-0.39, 0.29) is 18.6 Å². The number of nitrogens with zero attached hydrogens (tertiary/aromatic N) is 2. The summed E-state index contributed by atoms with van der Waals surface area (Å²) in [5.74, 6) is -1.02. The van der Waals surface area contributed by atoms with Gasteiger partial charge >= 0.3 is 12.0 Å². The zero-order valence-electron chi connectivity index (χ0n) is 9.77. The van der Waals surface area contributed by atoms with Crippen molar-refractivity contribution in [1.82, 2.24) is 15.1 Å². The molecule has 0 aliphatic carbocycles. The molecule has 2 N–H and O–H groups in total. The number of rotatable bonds is 4. The zero-order valence-corrected chi connectivity index (χ0v) is 9.77. The first kappa shape index (κ1) is 12.8. The van der Waals surface area contributed by atoms with E-state index in [2.05, 4.69) is 5.32 Å². The second kappa shape index (κ2) is 5.69. The number of carbonyl (C=O) groups is 2. The number of urea groups is 1. The number of hydrogen-bond acceptors (Lipinski definition) is 3. The summed E-state index contributed by atoms with van der Waals surface area (Å²) < 4.78 is 0. The maximum Gasteiger partial charge on any atom is 0.323 e. The summed E-state index contributed by atoms with van der Waals surface area (Å²) in [6.07, 6.45) is 1.97. The van der Waals surface area contributed by atoms with Crippen molar-refractivity contribution in [1.29, 1.82) is 0 Å². The number of likely N-dealkylation sites (N-methyl/N-ethyl adjacent to an activating group) is 1. The molecule has 92 valence electrons. The van der Waals surface area contributed by atoms with Gasteiger partial charge in [-0.1, -0.05) is 0 Å². The first-order valence-electron chi connectivity index (χ1n) is 5.41. The standard InChI is InChI=1S/C10H19N3O3/c1-12(2)7-8-4-3-5-13(8)10(16)11-6-9(14)15/h8H,3-7H2,1-2H3,(H,11,16)(H,14,15). The van der Waals surface area contributed by atoms with Crippen LogP contribution in [0.25, 0.3) is 0 Å². The topological polar surface area (TPSA) is 72.9 Å². The van der Waals surface area contributed by atoms with E-state index >= 15 is 0 Å². The lowest BCUT2D eigenvalue weighted by atomic mass is 10.2. The molecule has 6 nitrogen and oxygen atoms in total. The van der Waals surface area contributed by atoms with E-state index in [4.69, 9.17) is 5.11 Å². The normalized spacial score (nSPS) is 20.2. The molecule has 0 spiro atoms. The van der Waals surface area contributed by atoms with Crippen LogP contribution >= 0.6 is 0 Å². The molecule has 1 aliphatic rings. The predicted molar refractivity (Wildman–Crippen MR) is 59.3 cm³/mol. The number of nitrogens with one attached hydrogen (secondary N) is 1. The molecule has 1 rings (SSSR count). The average molecular weight is 229 g/mol. The van der Waals surface area contributed by atoms with Crippen molar-refractivity contribution in [2.24, 2.45) is 0 Å². The number of carboxylic acid groups (broad SMARTS) is 1. The van der Waals surface area contributed by atoms with Crippen LogP contribution in [0.2, 0.25) is 0 Å². The summed E-state index contributed by atoms with van der Waals surface area (Å²) >= 11 is 0. The van der Waals surface area contributed by atoms with Crippen LogP contribution in [0.4, 0.5) is 4.79 Å². The first-order chi connectivity index (χ1) is 7.50. The number of amides is 2. The molecule has 0 radical (unpaired) electrons. The molecule has 0 aromatic heterocycles. The van der Waals surface area contributed by atoms with Crippen molar-refractivity contribution < 1.29 is 14.7 Å². The lowest BCUT2D eigenvalue weighted by Crippen LogP contribution is -2.47. The van der Waals surface area contributed by atoms with Gasteiger partial charge in [0.15, 0.2) is 0 Å². The second-order valence-corrected chi connectivity index (χ2v) is 4.30. The van der Waals surface area contributed by atoms with Crippen LogP contribution in [0.3, 0.4) is 0 Å². The minimum atomic E-state index is -1.02. The summed E-state index contributed by atoms with van der Waals surface area (Å²) in [6, 6.07) is -0.0736. The molecule has 1 heterocycles. The van der Waals surface area contributed by atoms with Gasteiger partial charge in [-0.15, -0.1) is 0 Å². The fraction of sp³-hybridized carbons (Fsp3) is 0.800. The highest BCUT2D eigenvalue weighted by Gasteiger charge is 2.28. The van der Waals surface area contributed by atoms with E-state index in [1.165, 1.54) is 0 Å². The monoisotopic (exact) mass is 229 g/mol. The minimum Gasteiger partial charge on any atom is -0.480 e. The van der Waals surface area contributed by atoms with Crippen LogP contribution in [-0.4, -0.2) is 66.7 Å². The third-order valence-electron chi connectivity index (χ3n) is 2.60. The van der Waals surface area contributed by atoms with E-state index < -0.39 is 5.97 Å². The van der Waals surface area contributed by atoms with E-state index in [0.29, 0.717) is 6.54 Å². The second-order valence-electron chi connectivity index (χ2n) is 4.30. The van der Waals surface area contributed by atoms with Crippen LogP contribution in [0, 0.1) is 0 Å². The molecular weight excluding hydrogens is 210 g/mol. The fourth-order valence-electron chi connectivity index (χ4n) is 1.97. The summed E-state index contributed by atoms with van der Waals surface area (Å²) in [7, 11) is 3.93. The van der Waals surface area contributed by atoms with Gasteiger partial charge in [-0.05, 0) is 26.9 Å². The molecule has 2 amide bonds. The minimum absolute atomic E-state index is 0.198. The van der Waals surface area contributed by atoms with Crippen molar-refractivity contribution in [3.63, 3.8) is 0 Å². The smallest absolute Gasteiger partial charge is 0.323 e. The molecule has 6 heteroatoms. The Kier molecular flexibility index (Phi) is 4.54. The Morgan fingerprint density at radius 3 is 2.75 bits per heavy atom. The number of likely N-dealkylation sites (tertiary alicyclic amines) is 1. The van der Waals surface area contributed by atoms with Crippen LogP contribution < -0.4 is 5.32 Å². The lowest BCUT2D eigenvalue weighted by Gasteiger charge is -2.26. The molecule has 1 atom stereocenters. The average Bonchev–Trinajstić information content (AvgIpc) is 2.61. The van der Waals surface area contributed by atoms with E-state index in [9.17, 15) is 9.59 Å². The van der Waals surface area contributed by atoms with E-state index in [1.54, 1.807) is 4.90 Å².